The maximum Gasteiger partial charge on any atom is 0.416 e. The second-order valence-electron chi connectivity index (χ2n) is 4.92. The molecule has 2 rings (SSSR count). The van der Waals surface area contributed by atoms with E-state index in [9.17, 15) is 13.2 Å². The van der Waals surface area contributed by atoms with Crippen LogP contribution in [-0.4, -0.2) is 12.6 Å². The van der Waals surface area contributed by atoms with Crippen LogP contribution >= 0.6 is 0 Å². The van der Waals surface area contributed by atoms with Crippen LogP contribution in [0, 0.1) is 0 Å². The van der Waals surface area contributed by atoms with Crippen LogP contribution in [-0.2, 0) is 11.6 Å². The molecule has 1 aliphatic rings. The van der Waals surface area contributed by atoms with E-state index in [-0.39, 0.29) is 5.41 Å². The number of benzene rings is 1. The molecule has 1 aliphatic heterocycles. The van der Waals surface area contributed by atoms with E-state index >= 15 is 0 Å². The van der Waals surface area contributed by atoms with Gasteiger partial charge < -0.3 is 5.32 Å². The molecule has 0 spiro atoms. The predicted octanol–water partition coefficient (Wildman–Crippen LogP) is 3.34. The molecule has 1 heterocycles. The van der Waals surface area contributed by atoms with E-state index in [1.54, 1.807) is 12.1 Å². The zero-order chi connectivity index (χ0) is 12.7. The summed E-state index contributed by atoms with van der Waals surface area (Å²) in [5.74, 6) is 0. The third-order valence-electron chi connectivity index (χ3n) is 3.92. The van der Waals surface area contributed by atoms with Crippen LogP contribution in [0.4, 0.5) is 13.2 Å². The van der Waals surface area contributed by atoms with Gasteiger partial charge in [0, 0.05) is 11.5 Å². The lowest BCUT2D eigenvalue weighted by Gasteiger charge is -2.29. The average Bonchev–Trinajstić information content (AvgIpc) is 2.60. The molecule has 2 unspecified atom stereocenters. The molecule has 2 atom stereocenters. The molecule has 0 aliphatic carbocycles. The van der Waals surface area contributed by atoms with Crippen molar-refractivity contribution in [3.63, 3.8) is 0 Å². The Morgan fingerprint density at radius 1 is 1.24 bits per heavy atom. The summed E-state index contributed by atoms with van der Waals surface area (Å²) in [7, 11) is 0. The van der Waals surface area contributed by atoms with Crippen LogP contribution in [0.5, 0.6) is 0 Å². The monoisotopic (exact) mass is 243 g/mol. The molecule has 1 saturated heterocycles. The number of hydrogen-bond acceptors (Lipinski definition) is 1. The fourth-order valence-electron chi connectivity index (χ4n) is 2.42. The lowest BCUT2D eigenvalue weighted by molar-refractivity contribution is -0.137. The summed E-state index contributed by atoms with van der Waals surface area (Å²) in [4.78, 5) is 0. The van der Waals surface area contributed by atoms with Crippen LogP contribution in [0.25, 0.3) is 0 Å². The van der Waals surface area contributed by atoms with Crippen LogP contribution in [0.1, 0.15) is 31.4 Å². The van der Waals surface area contributed by atoms with E-state index < -0.39 is 11.7 Å². The molecule has 4 heteroatoms. The molecule has 1 aromatic rings. The van der Waals surface area contributed by atoms with Gasteiger partial charge in [-0.25, -0.2) is 0 Å². The largest absolute Gasteiger partial charge is 0.416 e. The summed E-state index contributed by atoms with van der Waals surface area (Å²) in [5.41, 5.74) is 0.330. The molecule has 0 saturated carbocycles. The van der Waals surface area contributed by atoms with Crippen LogP contribution in [0.3, 0.4) is 0 Å². The summed E-state index contributed by atoms with van der Waals surface area (Å²) in [6.45, 7) is 5.09. The summed E-state index contributed by atoms with van der Waals surface area (Å²) in [5, 5.41) is 3.33. The smallest absolute Gasteiger partial charge is 0.313 e. The van der Waals surface area contributed by atoms with Gasteiger partial charge in [0.2, 0.25) is 0 Å². The Balaban J connectivity index is 2.30. The molecule has 1 nitrogen and oxygen atoms in total. The summed E-state index contributed by atoms with van der Waals surface area (Å²) in [6, 6.07) is 5.84. The highest BCUT2D eigenvalue weighted by Gasteiger charge is 2.38. The molecule has 0 amide bonds. The first kappa shape index (κ1) is 12.4. The fraction of sp³-hybridized carbons (Fsp3) is 0.538. The van der Waals surface area contributed by atoms with Gasteiger partial charge >= 0.3 is 6.18 Å². The van der Waals surface area contributed by atoms with Crippen molar-refractivity contribution in [3.8, 4) is 0 Å². The van der Waals surface area contributed by atoms with E-state index in [0.29, 0.717) is 6.04 Å². The predicted molar refractivity (Wildman–Crippen MR) is 60.9 cm³/mol. The van der Waals surface area contributed by atoms with E-state index in [2.05, 4.69) is 19.2 Å². The fourth-order valence-corrected chi connectivity index (χ4v) is 2.42. The van der Waals surface area contributed by atoms with Gasteiger partial charge in [-0.15, -0.1) is 0 Å². The maximum atomic E-state index is 12.5. The molecule has 1 fully saturated rings. The molecule has 1 N–H and O–H groups in total. The highest BCUT2D eigenvalue weighted by atomic mass is 19.4. The van der Waals surface area contributed by atoms with Gasteiger partial charge in [-0.2, -0.15) is 13.2 Å². The Hall–Kier alpha value is -1.03. The van der Waals surface area contributed by atoms with Crippen molar-refractivity contribution in [2.75, 3.05) is 6.54 Å². The molecule has 1 aromatic carbocycles. The van der Waals surface area contributed by atoms with Gasteiger partial charge in [-0.05, 0) is 37.6 Å². The number of hydrogen-bond donors (Lipinski definition) is 1. The minimum absolute atomic E-state index is 0.0653. The molecule has 17 heavy (non-hydrogen) atoms. The first-order chi connectivity index (χ1) is 7.84. The van der Waals surface area contributed by atoms with Gasteiger partial charge in [0.1, 0.15) is 0 Å². The van der Waals surface area contributed by atoms with Gasteiger partial charge in [0.25, 0.3) is 0 Å². The normalized spacial score (nSPS) is 29.6. The summed E-state index contributed by atoms with van der Waals surface area (Å²) < 4.78 is 37.4. The Labute approximate surface area is 99.0 Å². The number of halogens is 3. The molecular weight excluding hydrogens is 227 g/mol. The van der Waals surface area contributed by atoms with Crippen molar-refractivity contribution in [2.24, 2.45) is 0 Å². The molecular formula is C13H16F3N. The van der Waals surface area contributed by atoms with Gasteiger partial charge in [-0.1, -0.05) is 19.1 Å². The first-order valence-electron chi connectivity index (χ1n) is 5.75. The minimum Gasteiger partial charge on any atom is -0.313 e. The number of nitrogens with one attached hydrogen (secondary N) is 1. The van der Waals surface area contributed by atoms with Crippen molar-refractivity contribution in [1.29, 1.82) is 0 Å². The highest BCUT2D eigenvalue weighted by molar-refractivity contribution is 5.32. The van der Waals surface area contributed by atoms with Crippen molar-refractivity contribution in [1.82, 2.24) is 5.32 Å². The minimum atomic E-state index is -4.25. The van der Waals surface area contributed by atoms with E-state index in [0.717, 1.165) is 18.5 Å². The van der Waals surface area contributed by atoms with Crippen LogP contribution in [0.2, 0.25) is 0 Å². The van der Waals surface area contributed by atoms with Gasteiger partial charge in [0.15, 0.2) is 0 Å². The van der Waals surface area contributed by atoms with Crippen LogP contribution in [0.15, 0.2) is 24.3 Å². The Bertz CT molecular complexity index is 396. The zero-order valence-electron chi connectivity index (χ0n) is 9.93. The number of alkyl halides is 3. The Morgan fingerprint density at radius 3 is 2.24 bits per heavy atom. The number of rotatable bonds is 1. The third kappa shape index (κ3) is 2.18. The standard InChI is InChI=1S/C13H16F3N/c1-9-12(2,7-8-17-9)10-3-5-11(6-4-10)13(14,15)16/h3-6,9,17H,7-8H2,1-2H3. The molecule has 0 bridgehead atoms. The lowest BCUT2D eigenvalue weighted by Crippen LogP contribution is -2.35. The molecule has 0 radical (unpaired) electrons. The topological polar surface area (TPSA) is 12.0 Å². The zero-order valence-corrected chi connectivity index (χ0v) is 9.93. The highest BCUT2D eigenvalue weighted by Crippen LogP contribution is 2.36. The van der Waals surface area contributed by atoms with Gasteiger partial charge in [0.05, 0.1) is 5.56 Å². The van der Waals surface area contributed by atoms with Crippen molar-refractivity contribution >= 4 is 0 Å². The third-order valence-corrected chi connectivity index (χ3v) is 3.92. The summed E-state index contributed by atoms with van der Waals surface area (Å²) >= 11 is 0. The van der Waals surface area contributed by atoms with E-state index in [4.69, 9.17) is 0 Å². The second-order valence-corrected chi connectivity index (χ2v) is 4.92. The van der Waals surface area contributed by atoms with E-state index in [1.807, 2.05) is 0 Å². The van der Waals surface area contributed by atoms with Crippen molar-refractivity contribution < 1.29 is 13.2 Å². The van der Waals surface area contributed by atoms with Crippen molar-refractivity contribution in [2.45, 2.75) is 37.9 Å². The Kier molecular flexibility index (Phi) is 2.94. The maximum absolute atomic E-state index is 12.5. The average molecular weight is 243 g/mol. The first-order valence-corrected chi connectivity index (χ1v) is 5.75. The van der Waals surface area contributed by atoms with Gasteiger partial charge in [-0.3, -0.25) is 0 Å². The summed E-state index contributed by atoms with van der Waals surface area (Å²) in [6.07, 6.45) is -3.29. The quantitative estimate of drug-likeness (QED) is 0.797. The molecule has 94 valence electrons. The van der Waals surface area contributed by atoms with E-state index in [1.165, 1.54) is 12.1 Å². The Morgan fingerprint density at radius 2 is 1.82 bits per heavy atom. The molecule has 0 aromatic heterocycles. The van der Waals surface area contributed by atoms with Crippen LogP contribution < -0.4 is 5.32 Å². The SMILES string of the molecule is CC1NCCC1(C)c1ccc(C(F)(F)F)cc1. The van der Waals surface area contributed by atoms with Crippen molar-refractivity contribution in [3.05, 3.63) is 35.4 Å². The lowest BCUT2D eigenvalue weighted by atomic mass is 9.76. The second kappa shape index (κ2) is 4.02.